The van der Waals surface area contributed by atoms with Gasteiger partial charge in [-0.3, -0.25) is 10.1 Å². The van der Waals surface area contributed by atoms with E-state index in [0.717, 1.165) is 41.3 Å². The van der Waals surface area contributed by atoms with E-state index in [1.165, 1.54) is 0 Å². The lowest BCUT2D eigenvalue weighted by molar-refractivity contribution is 0.176. The number of nitrogens with one attached hydrogen (secondary N) is 2. The average molecular weight is 445 g/mol. The topological polar surface area (TPSA) is 90.0 Å². The maximum absolute atomic E-state index is 14.9. The maximum Gasteiger partial charge on any atom is 0.147 e. The van der Waals surface area contributed by atoms with Gasteiger partial charge in [-0.1, -0.05) is 18.2 Å². The first-order valence-electron chi connectivity index (χ1n) is 11.3. The van der Waals surface area contributed by atoms with Crippen LogP contribution in [0.25, 0.3) is 33.3 Å². The fourth-order valence-electron chi connectivity index (χ4n) is 5.30. The van der Waals surface area contributed by atoms with Crippen molar-refractivity contribution in [1.82, 2.24) is 25.5 Å². The molecule has 0 spiro atoms. The van der Waals surface area contributed by atoms with Crippen molar-refractivity contribution in [3.8, 4) is 28.1 Å². The summed E-state index contributed by atoms with van der Waals surface area (Å²) >= 11 is 0. The zero-order valence-electron chi connectivity index (χ0n) is 18.2. The number of aromatic nitrogens is 4. The molecule has 2 aromatic heterocycles. The van der Waals surface area contributed by atoms with Crippen molar-refractivity contribution in [3.63, 3.8) is 0 Å². The predicted molar refractivity (Wildman–Crippen MR) is 126 cm³/mol. The lowest BCUT2D eigenvalue weighted by Gasteiger charge is -2.38. The zero-order valence-corrected chi connectivity index (χ0v) is 18.2. The van der Waals surface area contributed by atoms with Gasteiger partial charge < -0.3 is 15.3 Å². The number of aromatic hydroxyl groups is 1. The van der Waals surface area contributed by atoms with Crippen molar-refractivity contribution in [2.24, 2.45) is 0 Å². The molecule has 3 N–H and O–H groups in total. The highest BCUT2D eigenvalue weighted by Crippen LogP contribution is 2.36. The van der Waals surface area contributed by atoms with Gasteiger partial charge in [-0.25, -0.2) is 9.37 Å². The first-order chi connectivity index (χ1) is 16.1. The molecule has 2 aromatic carbocycles. The Morgan fingerprint density at radius 2 is 1.97 bits per heavy atom. The number of H-pyrrole nitrogens is 1. The molecule has 2 unspecified atom stereocenters. The minimum atomic E-state index is -0.925. The first-order valence-corrected chi connectivity index (χ1v) is 11.3. The summed E-state index contributed by atoms with van der Waals surface area (Å²) in [4.78, 5) is 11.0. The summed E-state index contributed by atoms with van der Waals surface area (Å²) in [5, 5.41) is 22.2. The van der Waals surface area contributed by atoms with Crippen LogP contribution in [0.2, 0.25) is 0 Å². The van der Waals surface area contributed by atoms with E-state index in [4.69, 9.17) is 0 Å². The van der Waals surface area contributed by atoms with Gasteiger partial charge in [0, 0.05) is 30.1 Å². The fraction of sp³-hybridized carbons (Fsp3) is 0.320. The van der Waals surface area contributed by atoms with Crippen LogP contribution in [0.3, 0.4) is 0 Å². The fourth-order valence-corrected chi connectivity index (χ4v) is 5.30. The Labute approximate surface area is 190 Å². The third-order valence-electron chi connectivity index (χ3n) is 7.12. The summed E-state index contributed by atoms with van der Waals surface area (Å²) in [5.41, 5.74) is 3.99. The van der Waals surface area contributed by atoms with E-state index in [0.29, 0.717) is 23.1 Å². The summed E-state index contributed by atoms with van der Waals surface area (Å²) in [6.45, 7) is 0. The quantitative estimate of drug-likeness (QED) is 0.440. The number of hydrogen-bond donors (Lipinski definition) is 3. The number of alkyl halides is 1. The number of aromatic amines is 1. The highest BCUT2D eigenvalue weighted by Gasteiger charge is 2.43. The maximum atomic E-state index is 14.9. The molecule has 4 aromatic rings. The zero-order chi connectivity index (χ0) is 22.5. The van der Waals surface area contributed by atoms with Crippen molar-refractivity contribution < 1.29 is 9.50 Å². The molecule has 7 nitrogen and oxygen atoms in total. The number of anilines is 1. The van der Waals surface area contributed by atoms with E-state index in [1.54, 1.807) is 24.7 Å². The highest BCUT2D eigenvalue weighted by molar-refractivity contribution is 5.95. The van der Waals surface area contributed by atoms with Crippen LogP contribution in [0.5, 0.6) is 5.75 Å². The minimum absolute atomic E-state index is 0.0632. The van der Waals surface area contributed by atoms with Gasteiger partial charge in [-0.2, -0.15) is 5.10 Å². The van der Waals surface area contributed by atoms with Gasteiger partial charge in [0.25, 0.3) is 0 Å². The summed E-state index contributed by atoms with van der Waals surface area (Å²) in [5.74, 6) is 0.762. The second-order valence-electron chi connectivity index (χ2n) is 9.03. The molecule has 6 rings (SSSR count). The van der Waals surface area contributed by atoms with E-state index < -0.39 is 6.17 Å². The molecule has 2 bridgehead atoms. The van der Waals surface area contributed by atoms with Crippen LogP contribution >= 0.6 is 0 Å². The number of phenols is 1. The van der Waals surface area contributed by atoms with E-state index in [-0.39, 0.29) is 17.8 Å². The second kappa shape index (κ2) is 7.81. The van der Waals surface area contributed by atoms with Crippen molar-refractivity contribution in [3.05, 3.63) is 55.0 Å². The second-order valence-corrected chi connectivity index (χ2v) is 9.03. The largest absolute Gasteiger partial charge is 0.507 e. The molecule has 4 heterocycles. The van der Waals surface area contributed by atoms with E-state index in [2.05, 4.69) is 25.5 Å². The molecule has 2 aliphatic rings. The van der Waals surface area contributed by atoms with E-state index in [9.17, 15) is 9.50 Å². The van der Waals surface area contributed by atoms with Gasteiger partial charge in [0.05, 0.1) is 35.8 Å². The van der Waals surface area contributed by atoms with Crippen molar-refractivity contribution in [2.45, 2.75) is 43.6 Å². The Balaban J connectivity index is 1.25. The van der Waals surface area contributed by atoms with Crippen LogP contribution in [0.4, 0.5) is 10.2 Å². The summed E-state index contributed by atoms with van der Waals surface area (Å²) in [6.07, 6.45) is 6.85. The Kier molecular flexibility index (Phi) is 4.76. The highest BCUT2D eigenvalue weighted by atomic mass is 19.1. The predicted octanol–water partition coefficient (Wildman–Crippen LogP) is 4.06. The van der Waals surface area contributed by atoms with Gasteiger partial charge in [0.15, 0.2) is 0 Å². The van der Waals surface area contributed by atoms with Crippen molar-refractivity contribution in [1.29, 1.82) is 0 Å². The van der Waals surface area contributed by atoms with E-state index >= 15 is 0 Å². The molecule has 2 saturated heterocycles. The lowest BCUT2D eigenvalue weighted by atomic mass is 9.96. The molecular weight excluding hydrogens is 419 g/mol. The number of benzene rings is 2. The van der Waals surface area contributed by atoms with Crippen LogP contribution in [-0.4, -0.2) is 56.6 Å². The molecule has 0 radical (unpaired) electrons. The molecule has 0 amide bonds. The number of hydrogen-bond acceptors (Lipinski definition) is 6. The van der Waals surface area contributed by atoms with Gasteiger partial charge in [0.2, 0.25) is 0 Å². The smallest absolute Gasteiger partial charge is 0.147 e. The Morgan fingerprint density at radius 3 is 2.79 bits per heavy atom. The number of phenolic OH excluding ortho intramolecular Hbond substituents is 1. The monoisotopic (exact) mass is 444 g/mol. The molecule has 8 heteroatoms. The molecule has 168 valence electrons. The summed E-state index contributed by atoms with van der Waals surface area (Å²) < 4.78 is 14.9. The number of halogens is 1. The number of piperidine rings is 1. The Bertz CT molecular complexity index is 1310. The summed E-state index contributed by atoms with van der Waals surface area (Å²) in [6, 6.07) is 11.6. The van der Waals surface area contributed by atoms with Gasteiger partial charge in [-0.15, -0.1) is 0 Å². The number of nitrogens with zero attached hydrogens (tertiary/aromatic N) is 4. The molecule has 0 aliphatic carbocycles. The number of fused-ring (bicyclic) bond motifs is 3. The Morgan fingerprint density at radius 1 is 1.06 bits per heavy atom. The molecular formula is C25H25FN6O. The lowest BCUT2D eigenvalue weighted by Crippen LogP contribution is -2.55. The van der Waals surface area contributed by atoms with Gasteiger partial charge in [0.1, 0.15) is 17.7 Å². The molecule has 0 saturated carbocycles. The van der Waals surface area contributed by atoms with Crippen LogP contribution in [0.15, 0.2) is 55.0 Å². The van der Waals surface area contributed by atoms with Crippen LogP contribution in [-0.2, 0) is 0 Å². The standard InChI is InChI=1S/C25H25FN6O/c1-32(22-10-15-6-8-20(30-15)25(22)26)24-13-27-21(12-28-24)17-7-5-14(9-23(17)33)16-3-2-4-19-18(16)11-29-31-19/h2-5,7,9,11-13,15,20,22,25,30,33H,6,8,10H2,1H3,(H,29,31)/t15?,20?,22-,25+/m0/s1. The van der Waals surface area contributed by atoms with E-state index in [1.807, 2.05) is 42.3 Å². The molecule has 2 fully saturated rings. The molecule has 4 atom stereocenters. The van der Waals surface area contributed by atoms with Gasteiger partial charge >= 0.3 is 0 Å². The van der Waals surface area contributed by atoms with Crippen LogP contribution in [0.1, 0.15) is 19.3 Å². The average Bonchev–Trinajstić information content (AvgIpc) is 3.48. The molecule has 2 aliphatic heterocycles. The van der Waals surface area contributed by atoms with Crippen molar-refractivity contribution >= 4 is 16.7 Å². The SMILES string of the molecule is CN(c1cnc(-c2ccc(-c3cccc4[nH]ncc34)cc2O)cn1)[C@H]1CC2CCC(N2)[C@H]1F. The van der Waals surface area contributed by atoms with Gasteiger partial charge in [-0.05, 0) is 48.6 Å². The number of rotatable bonds is 4. The summed E-state index contributed by atoms with van der Waals surface area (Å²) in [7, 11) is 1.88. The minimum Gasteiger partial charge on any atom is -0.507 e. The normalized spacial score (nSPS) is 24.3. The first kappa shape index (κ1) is 20.1. The molecule has 33 heavy (non-hydrogen) atoms. The van der Waals surface area contributed by atoms with Crippen LogP contribution in [0, 0.1) is 0 Å². The van der Waals surface area contributed by atoms with Crippen LogP contribution < -0.4 is 10.2 Å². The third-order valence-corrected chi connectivity index (χ3v) is 7.12. The van der Waals surface area contributed by atoms with Crippen molar-refractivity contribution in [2.75, 3.05) is 11.9 Å². The Hall–Kier alpha value is -3.52. The third kappa shape index (κ3) is 3.41.